The second kappa shape index (κ2) is 4.95. The molecule has 112 valence electrons. The number of rotatable bonds is 3. The zero-order valence-electron chi connectivity index (χ0n) is 11.8. The van der Waals surface area contributed by atoms with Crippen molar-refractivity contribution in [1.82, 2.24) is 0 Å². The molecule has 1 atom stereocenters. The minimum Gasteiger partial charge on any atom is -0.406 e. The van der Waals surface area contributed by atoms with Gasteiger partial charge in [-0.3, -0.25) is 0 Å². The third-order valence-electron chi connectivity index (χ3n) is 4.45. The molecule has 1 aliphatic rings. The molecule has 1 unspecified atom stereocenters. The van der Waals surface area contributed by atoms with Crippen LogP contribution in [0, 0.1) is 5.41 Å². The van der Waals surface area contributed by atoms with Gasteiger partial charge in [0, 0.05) is 5.54 Å². The van der Waals surface area contributed by atoms with Crippen LogP contribution in [0.15, 0.2) is 24.3 Å². The topological polar surface area (TPSA) is 35.2 Å². The van der Waals surface area contributed by atoms with E-state index >= 15 is 0 Å². The average molecular weight is 287 g/mol. The molecule has 0 aliphatic heterocycles. The quantitative estimate of drug-likeness (QED) is 0.910. The zero-order chi connectivity index (χ0) is 15.0. The van der Waals surface area contributed by atoms with E-state index in [0.717, 1.165) is 24.8 Å². The van der Waals surface area contributed by atoms with Crippen molar-refractivity contribution in [2.24, 2.45) is 11.1 Å². The summed E-state index contributed by atoms with van der Waals surface area (Å²) in [5, 5.41) is 0. The number of hydrogen-bond donors (Lipinski definition) is 1. The molecule has 1 aromatic carbocycles. The number of alkyl halides is 3. The second-order valence-electron chi connectivity index (χ2n) is 6.26. The summed E-state index contributed by atoms with van der Waals surface area (Å²) in [5.74, 6) is -0.196. The van der Waals surface area contributed by atoms with Gasteiger partial charge in [0.15, 0.2) is 0 Å². The molecule has 0 radical (unpaired) electrons. The molecule has 0 bridgehead atoms. The average Bonchev–Trinajstić information content (AvgIpc) is 2.54. The van der Waals surface area contributed by atoms with Crippen LogP contribution >= 0.6 is 0 Å². The molecular weight excluding hydrogens is 267 g/mol. The van der Waals surface area contributed by atoms with Crippen LogP contribution in [0.4, 0.5) is 13.2 Å². The fraction of sp³-hybridized carbons (Fsp3) is 0.600. The summed E-state index contributed by atoms with van der Waals surface area (Å²) >= 11 is 0. The molecule has 20 heavy (non-hydrogen) atoms. The summed E-state index contributed by atoms with van der Waals surface area (Å²) in [5.41, 5.74) is 7.20. The maximum atomic E-state index is 12.1. The van der Waals surface area contributed by atoms with Gasteiger partial charge >= 0.3 is 6.36 Å². The van der Waals surface area contributed by atoms with Crippen LogP contribution in [-0.2, 0) is 6.42 Å². The van der Waals surface area contributed by atoms with Gasteiger partial charge in [0.25, 0.3) is 0 Å². The first-order valence-corrected chi connectivity index (χ1v) is 6.75. The van der Waals surface area contributed by atoms with Gasteiger partial charge in [0.05, 0.1) is 0 Å². The van der Waals surface area contributed by atoms with E-state index in [9.17, 15) is 13.2 Å². The van der Waals surface area contributed by atoms with E-state index in [4.69, 9.17) is 5.73 Å². The summed E-state index contributed by atoms with van der Waals surface area (Å²) in [7, 11) is 0. The Morgan fingerprint density at radius 1 is 1.15 bits per heavy atom. The lowest BCUT2D eigenvalue weighted by Crippen LogP contribution is -2.50. The van der Waals surface area contributed by atoms with Gasteiger partial charge in [-0.05, 0) is 42.4 Å². The molecular formula is C15H20F3NO. The Morgan fingerprint density at radius 3 is 2.20 bits per heavy atom. The maximum Gasteiger partial charge on any atom is 0.573 e. The van der Waals surface area contributed by atoms with Crippen molar-refractivity contribution in [2.75, 3.05) is 0 Å². The Bertz CT molecular complexity index is 467. The van der Waals surface area contributed by atoms with Gasteiger partial charge in [0.2, 0.25) is 0 Å². The van der Waals surface area contributed by atoms with Crippen LogP contribution in [0.25, 0.3) is 0 Å². The molecule has 2 N–H and O–H groups in total. The molecule has 1 aliphatic carbocycles. The third-order valence-corrected chi connectivity index (χ3v) is 4.45. The molecule has 0 saturated heterocycles. The Kier molecular flexibility index (Phi) is 3.75. The maximum absolute atomic E-state index is 12.1. The van der Waals surface area contributed by atoms with Crippen LogP contribution in [-0.4, -0.2) is 11.9 Å². The standard InChI is InChI=1S/C15H20F3NO/c1-13(2)8-3-9-14(13,19)10-11-4-6-12(7-5-11)20-15(16,17)18/h4-7H,3,8-10,19H2,1-2H3. The minimum absolute atomic E-state index is 0.0497. The second-order valence-corrected chi connectivity index (χ2v) is 6.26. The van der Waals surface area contributed by atoms with E-state index in [0.29, 0.717) is 6.42 Å². The van der Waals surface area contributed by atoms with Gasteiger partial charge in [-0.25, -0.2) is 0 Å². The summed E-state index contributed by atoms with van der Waals surface area (Å²) < 4.78 is 40.1. The molecule has 0 amide bonds. The highest BCUT2D eigenvalue weighted by molar-refractivity contribution is 5.29. The molecule has 0 heterocycles. The molecule has 2 nitrogen and oxygen atoms in total. The first-order valence-electron chi connectivity index (χ1n) is 6.75. The molecule has 0 spiro atoms. The number of benzene rings is 1. The number of nitrogens with two attached hydrogens (primary N) is 1. The van der Waals surface area contributed by atoms with Gasteiger partial charge in [0.1, 0.15) is 5.75 Å². The van der Waals surface area contributed by atoms with E-state index in [2.05, 4.69) is 18.6 Å². The fourth-order valence-electron chi connectivity index (χ4n) is 2.93. The van der Waals surface area contributed by atoms with E-state index < -0.39 is 6.36 Å². The van der Waals surface area contributed by atoms with E-state index in [1.54, 1.807) is 12.1 Å². The monoisotopic (exact) mass is 287 g/mol. The van der Waals surface area contributed by atoms with Crippen molar-refractivity contribution >= 4 is 0 Å². The van der Waals surface area contributed by atoms with Crippen molar-refractivity contribution in [3.05, 3.63) is 29.8 Å². The number of hydrogen-bond acceptors (Lipinski definition) is 2. The summed E-state index contributed by atoms with van der Waals surface area (Å²) in [6.45, 7) is 4.31. The fourth-order valence-corrected chi connectivity index (χ4v) is 2.93. The van der Waals surface area contributed by atoms with Crippen molar-refractivity contribution in [2.45, 2.75) is 51.4 Å². The van der Waals surface area contributed by atoms with Crippen molar-refractivity contribution < 1.29 is 17.9 Å². The normalized spacial score (nSPS) is 25.7. The van der Waals surface area contributed by atoms with Crippen molar-refractivity contribution in [3.63, 3.8) is 0 Å². The van der Waals surface area contributed by atoms with Gasteiger partial charge in [-0.15, -0.1) is 13.2 Å². The lowest BCUT2D eigenvalue weighted by molar-refractivity contribution is -0.274. The van der Waals surface area contributed by atoms with Crippen LogP contribution in [0.3, 0.4) is 0 Å². The van der Waals surface area contributed by atoms with E-state index in [-0.39, 0.29) is 16.7 Å². The molecule has 5 heteroatoms. The highest BCUT2D eigenvalue weighted by atomic mass is 19.4. The SMILES string of the molecule is CC1(C)CCCC1(N)Cc1ccc(OC(F)(F)F)cc1. The molecule has 0 aromatic heterocycles. The molecule has 1 fully saturated rings. The molecule has 2 rings (SSSR count). The largest absolute Gasteiger partial charge is 0.573 e. The Balaban J connectivity index is 2.08. The van der Waals surface area contributed by atoms with Gasteiger partial charge in [-0.1, -0.05) is 32.4 Å². The van der Waals surface area contributed by atoms with Crippen molar-refractivity contribution in [3.8, 4) is 5.75 Å². The third kappa shape index (κ3) is 3.26. The van der Waals surface area contributed by atoms with Crippen LogP contribution in [0.1, 0.15) is 38.7 Å². The number of ether oxygens (including phenoxy) is 1. The lowest BCUT2D eigenvalue weighted by atomic mass is 9.72. The Hall–Kier alpha value is -1.23. The predicted octanol–water partition coefficient (Wildman–Crippen LogP) is 4.04. The smallest absolute Gasteiger partial charge is 0.406 e. The van der Waals surface area contributed by atoms with Crippen LogP contribution < -0.4 is 10.5 Å². The lowest BCUT2D eigenvalue weighted by Gasteiger charge is -2.38. The molecule has 1 aromatic rings. The number of halogens is 3. The Labute approximate surface area is 117 Å². The van der Waals surface area contributed by atoms with E-state index in [1.165, 1.54) is 12.1 Å². The van der Waals surface area contributed by atoms with Gasteiger partial charge in [-0.2, -0.15) is 0 Å². The first-order chi connectivity index (χ1) is 9.11. The summed E-state index contributed by atoms with van der Waals surface area (Å²) in [6, 6.07) is 6.00. The van der Waals surface area contributed by atoms with Crippen molar-refractivity contribution in [1.29, 1.82) is 0 Å². The highest BCUT2D eigenvalue weighted by Crippen LogP contribution is 2.46. The highest BCUT2D eigenvalue weighted by Gasteiger charge is 2.45. The first kappa shape index (κ1) is 15.2. The van der Waals surface area contributed by atoms with Crippen LogP contribution in [0.5, 0.6) is 5.75 Å². The van der Waals surface area contributed by atoms with Gasteiger partial charge < -0.3 is 10.5 Å². The molecule has 1 saturated carbocycles. The minimum atomic E-state index is -4.65. The summed E-state index contributed by atoms with van der Waals surface area (Å²) in [6.07, 6.45) is -0.852. The predicted molar refractivity (Wildman–Crippen MR) is 71.4 cm³/mol. The summed E-state index contributed by atoms with van der Waals surface area (Å²) in [4.78, 5) is 0. The van der Waals surface area contributed by atoms with Crippen LogP contribution in [0.2, 0.25) is 0 Å². The van der Waals surface area contributed by atoms with E-state index in [1.807, 2.05) is 0 Å². The Morgan fingerprint density at radius 2 is 1.75 bits per heavy atom. The zero-order valence-corrected chi connectivity index (χ0v) is 11.8.